The molecule has 0 radical (unpaired) electrons. The van der Waals surface area contributed by atoms with E-state index in [0.29, 0.717) is 17.0 Å². The molecule has 8 heteroatoms. The van der Waals surface area contributed by atoms with Gasteiger partial charge in [-0.15, -0.1) is 11.3 Å². The van der Waals surface area contributed by atoms with Crippen LogP contribution in [0.4, 0.5) is 5.00 Å². The number of Topliss-reactive ketones (excluding diaryl/α,β-unsaturated/α-hetero) is 1. The maximum Gasteiger partial charge on any atom is 0.341 e. The van der Waals surface area contributed by atoms with Crippen molar-refractivity contribution in [1.29, 1.82) is 0 Å². The predicted octanol–water partition coefficient (Wildman–Crippen LogP) is 3.63. The second kappa shape index (κ2) is 11.1. The van der Waals surface area contributed by atoms with Crippen molar-refractivity contribution >= 4 is 40.0 Å². The number of ketones is 1. The van der Waals surface area contributed by atoms with Gasteiger partial charge in [0.2, 0.25) is 0 Å². The van der Waals surface area contributed by atoms with Crippen LogP contribution in [0.15, 0.2) is 36.4 Å². The molecule has 0 unspecified atom stereocenters. The highest BCUT2D eigenvalue weighted by molar-refractivity contribution is 7.16. The lowest BCUT2D eigenvalue weighted by molar-refractivity contribution is -0.147. The number of ether oxygens (including phenoxy) is 2. The van der Waals surface area contributed by atoms with E-state index in [-0.39, 0.29) is 30.8 Å². The molecule has 1 heterocycles. The SMILES string of the molecule is CCOC(=O)c1cc(CC)sc1NC(=O)COC(=O)CCC(=O)c1ccccc1. The van der Waals surface area contributed by atoms with Crippen LogP contribution in [0, 0.1) is 0 Å². The van der Waals surface area contributed by atoms with Crippen molar-refractivity contribution in [3.8, 4) is 0 Å². The Hall–Kier alpha value is -3.00. The number of thiophene rings is 1. The van der Waals surface area contributed by atoms with Crippen LogP contribution in [-0.2, 0) is 25.5 Å². The number of amides is 1. The highest BCUT2D eigenvalue weighted by Gasteiger charge is 2.19. The standard InChI is InChI=1S/C21H23NO6S/c1-3-15-12-16(21(26)27-4-2)20(29-15)22-18(24)13-28-19(25)11-10-17(23)14-8-6-5-7-9-14/h5-9,12H,3-4,10-11,13H2,1-2H3,(H,22,24). The molecule has 0 aliphatic heterocycles. The lowest BCUT2D eigenvalue weighted by Gasteiger charge is -2.07. The number of hydrogen-bond donors (Lipinski definition) is 1. The quantitative estimate of drug-likeness (QED) is 0.468. The number of rotatable bonds is 10. The minimum atomic E-state index is -0.643. The van der Waals surface area contributed by atoms with Crippen molar-refractivity contribution in [2.45, 2.75) is 33.1 Å². The maximum absolute atomic E-state index is 12.1. The van der Waals surface area contributed by atoms with Gasteiger partial charge in [-0.25, -0.2) is 4.79 Å². The molecule has 1 aromatic carbocycles. The number of hydrogen-bond acceptors (Lipinski definition) is 7. The van der Waals surface area contributed by atoms with E-state index >= 15 is 0 Å². The number of benzene rings is 1. The Kier molecular flexibility index (Phi) is 8.54. The fraction of sp³-hybridized carbons (Fsp3) is 0.333. The normalized spacial score (nSPS) is 10.3. The molecule has 29 heavy (non-hydrogen) atoms. The summed E-state index contributed by atoms with van der Waals surface area (Å²) in [7, 11) is 0. The Morgan fingerprint density at radius 3 is 2.38 bits per heavy atom. The molecule has 0 bridgehead atoms. The van der Waals surface area contributed by atoms with E-state index in [1.807, 2.05) is 6.92 Å². The number of nitrogens with one attached hydrogen (secondary N) is 1. The molecule has 0 spiro atoms. The van der Waals surface area contributed by atoms with Crippen molar-refractivity contribution in [1.82, 2.24) is 0 Å². The minimum Gasteiger partial charge on any atom is -0.462 e. The molecule has 0 fully saturated rings. The summed E-state index contributed by atoms with van der Waals surface area (Å²) in [5, 5.41) is 2.95. The van der Waals surface area contributed by atoms with Crippen LogP contribution in [0.2, 0.25) is 0 Å². The van der Waals surface area contributed by atoms with Crippen molar-refractivity contribution in [3.05, 3.63) is 52.4 Å². The van der Waals surface area contributed by atoms with Crippen LogP contribution in [0.3, 0.4) is 0 Å². The van der Waals surface area contributed by atoms with E-state index in [0.717, 1.165) is 4.88 Å². The van der Waals surface area contributed by atoms with Crippen molar-refractivity contribution in [2.24, 2.45) is 0 Å². The summed E-state index contributed by atoms with van der Waals surface area (Å²) in [5.74, 6) is -1.90. The Bertz CT molecular complexity index is 875. The van der Waals surface area contributed by atoms with Crippen LogP contribution in [-0.4, -0.2) is 36.8 Å². The van der Waals surface area contributed by atoms with Gasteiger partial charge in [-0.3, -0.25) is 14.4 Å². The summed E-state index contributed by atoms with van der Waals surface area (Å²) in [6.45, 7) is 3.36. The summed E-state index contributed by atoms with van der Waals surface area (Å²) in [5.41, 5.74) is 0.802. The number of carbonyl (C=O) groups is 4. The zero-order chi connectivity index (χ0) is 21.2. The smallest absolute Gasteiger partial charge is 0.341 e. The van der Waals surface area contributed by atoms with Gasteiger partial charge in [0.05, 0.1) is 18.6 Å². The highest BCUT2D eigenvalue weighted by atomic mass is 32.1. The Balaban J connectivity index is 1.83. The molecule has 2 aromatic rings. The molecule has 0 atom stereocenters. The van der Waals surface area contributed by atoms with Gasteiger partial charge in [-0.05, 0) is 19.4 Å². The van der Waals surface area contributed by atoms with Crippen LogP contribution >= 0.6 is 11.3 Å². The molecule has 0 saturated heterocycles. The van der Waals surface area contributed by atoms with Crippen LogP contribution in [0.5, 0.6) is 0 Å². The first kappa shape index (κ1) is 22.3. The average Bonchev–Trinajstić information content (AvgIpc) is 3.14. The van der Waals surface area contributed by atoms with Crippen LogP contribution in [0.1, 0.15) is 52.3 Å². The molecular weight excluding hydrogens is 394 g/mol. The first-order valence-electron chi connectivity index (χ1n) is 9.28. The second-order valence-corrected chi connectivity index (χ2v) is 7.16. The zero-order valence-corrected chi connectivity index (χ0v) is 17.2. The molecule has 0 saturated carbocycles. The maximum atomic E-state index is 12.1. The van der Waals surface area contributed by atoms with E-state index in [1.165, 1.54) is 11.3 Å². The third-order valence-corrected chi connectivity index (χ3v) is 5.09. The van der Waals surface area contributed by atoms with Gasteiger partial charge in [0.25, 0.3) is 5.91 Å². The minimum absolute atomic E-state index is 0.00224. The molecule has 1 N–H and O–H groups in total. The predicted molar refractivity (Wildman–Crippen MR) is 109 cm³/mol. The van der Waals surface area contributed by atoms with Crippen molar-refractivity contribution < 1.29 is 28.7 Å². The number of anilines is 1. The van der Waals surface area contributed by atoms with E-state index in [4.69, 9.17) is 9.47 Å². The molecule has 2 rings (SSSR count). The van der Waals surface area contributed by atoms with Gasteiger partial charge in [0, 0.05) is 16.9 Å². The first-order valence-corrected chi connectivity index (χ1v) is 10.1. The largest absolute Gasteiger partial charge is 0.462 e. The van der Waals surface area contributed by atoms with E-state index in [1.54, 1.807) is 43.3 Å². The van der Waals surface area contributed by atoms with Crippen LogP contribution < -0.4 is 5.32 Å². The van der Waals surface area contributed by atoms with Gasteiger partial charge >= 0.3 is 11.9 Å². The van der Waals surface area contributed by atoms with Gasteiger partial charge in [0.15, 0.2) is 12.4 Å². The Morgan fingerprint density at radius 2 is 1.72 bits per heavy atom. The van der Waals surface area contributed by atoms with Gasteiger partial charge in [-0.1, -0.05) is 37.3 Å². The van der Waals surface area contributed by atoms with Crippen LogP contribution in [0.25, 0.3) is 0 Å². The second-order valence-electron chi connectivity index (χ2n) is 6.03. The summed E-state index contributed by atoms with van der Waals surface area (Å²) >= 11 is 1.27. The van der Waals surface area contributed by atoms with E-state index in [2.05, 4.69) is 5.32 Å². The van der Waals surface area contributed by atoms with Gasteiger partial charge < -0.3 is 14.8 Å². The lowest BCUT2D eigenvalue weighted by atomic mass is 10.1. The third-order valence-electron chi connectivity index (χ3n) is 3.90. The summed E-state index contributed by atoms with van der Waals surface area (Å²) in [6, 6.07) is 10.3. The monoisotopic (exact) mass is 417 g/mol. The number of aryl methyl sites for hydroxylation is 1. The zero-order valence-electron chi connectivity index (χ0n) is 16.4. The van der Waals surface area contributed by atoms with Crippen molar-refractivity contribution in [2.75, 3.05) is 18.5 Å². The topological polar surface area (TPSA) is 98.8 Å². The molecule has 1 amide bonds. The molecular formula is C21H23NO6S. The number of esters is 2. The summed E-state index contributed by atoms with van der Waals surface area (Å²) in [4.78, 5) is 48.9. The average molecular weight is 417 g/mol. The van der Waals surface area contributed by atoms with Crippen molar-refractivity contribution in [3.63, 3.8) is 0 Å². The molecule has 0 aliphatic carbocycles. The highest BCUT2D eigenvalue weighted by Crippen LogP contribution is 2.29. The fourth-order valence-electron chi connectivity index (χ4n) is 2.43. The molecule has 1 aromatic heterocycles. The van der Waals surface area contributed by atoms with E-state index in [9.17, 15) is 19.2 Å². The summed E-state index contributed by atoms with van der Waals surface area (Å²) < 4.78 is 9.92. The lowest BCUT2D eigenvalue weighted by Crippen LogP contribution is -2.21. The fourth-order valence-corrected chi connectivity index (χ4v) is 3.43. The van der Waals surface area contributed by atoms with E-state index < -0.39 is 24.5 Å². The Morgan fingerprint density at radius 1 is 1.00 bits per heavy atom. The summed E-state index contributed by atoms with van der Waals surface area (Å²) in [6.07, 6.45) is 0.591. The molecule has 154 valence electrons. The van der Waals surface area contributed by atoms with Gasteiger partial charge in [0.1, 0.15) is 5.00 Å². The Labute approximate surface area is 173 Å². The number of carbonyl (C=O) groups excluding carboxylic acids is 4. The van der Waals surface area contributed by atoms with Gasteiger partial charge in [-0.2, -0.15) is 0 Å². The third kappa shape index (κ3) is 6.83. The molecule has 0 aliphatic rings. The first-order chi connectivity index (χ1) is 13.9. The molecule has 7 nitrogen and oxygen atoms in total.